The molecule has 2 fully saturated rings. The molecular weight excluding hydrogens is 374 g/mol. The first-order valence-corrected chi connectivity index (χ1v) is 11.2. The molecule has 0 spiro atoms. The smallest absolute Gasteiger partial charge is 0.313 e. The third kappa shape index (κ3) is 5.21. The zero-order valence-corrected chi connectivity index (χ0v) is 17.6. The maximum atomic E-state index is 12.6. The summed E-state index contributed by atoms with van der Waals surface area (Å²) < 4.78 is 0. The number of hydrogen-bond acceptors (Lipinski definition) is 3. The van der Waals surface area contributed by atoms with Gasteiger partial charge in [0.2, 0.25) is 0 Å². The minimum absolute atomic E-state index is 0.423. The van der Waals surface area contributed by atoms with Gasteiger partial charge >= 0.3 is 11.8 Å². The lowest BCUT2D eigenvalue weighted by Crippen LogP contribution is -2.44. The van der Waals surface area contributed by atoms with Gasteiger partial charge in [0.1, 0.15) is 0 Å². The largest absolute Gasteiger partial charge is 0.372 e. The Kier molecular flexibility index (Phi) is 6.67. The van der Waals surface area contributed by atoms with Gasteiger partial charge in [0.05, 0.1) is 0 Å². The highest BCUT2D eigenvalue weighted by Crippen LogP contribution is 2.23. The maximum Gasteiger partial charge on any atom is 0.313 e. The number of benzene rings is 2. The highest BCUT2D eigenvalue weighted by atomic mass is 16.2. The number of piperidine rings is 2. The summed E-state index contributed by atoms with van der Waals surface area (Å²) in [6.07, 6.45) is 6.69. The molecule has 1 N–H and O–H groups in total. The van der Waals surface area contributed by atoms with Crippen LogP contribution >= 0.6 is 0 Å². The van der Waals surface area contributed by atoms with Crippen molar-refractivity contribution in [2.75, 3.05) is 36.4 Å². The molecule has 2 aromatic carbocycles. The van der Waals surface area contributed by atoms with E-state index in [0.29, 0.717) is 24.7 Å². The van der Waals surface area contributed by atoms with Crippen LogP contribution in [-0.2, 0) is 16.0 Å². The lowest BCUT2D eigenvalue weighted by Gasteiger charge is -2.31. The van der Waals surface area contributed by atoms with Gasteiger partial charge in [-0.1, -0.05) is 30.3 Å². The van der Waals surface area contributed by atoms with Crippen molar-refractivity contribution in [3.05, 3.63) is 60.2 Å². The average Bonchev–Trinajstić information content (AvgIpc) is 2.81. The number of hydrogen-bond donors (Lipinski definition) is 1. The van der Waals surface area contributed by atoms with Gasteiger partial charge < -0.3 is 15.1 Å². The van der Waals surface area contributed by atoms with Crippen LogP contribution in [0.5, 0.6) is 0 Å². The molecule has 5 nitrogen and oxygen atoms in total. The first-order valence-electron chi connectivity index (χ1n) is 11.2. The molecule has 2 saturated heterocycles. The Morgan fingerprint density at radius 2 is 1.50 bits per heavy atom. The van der Waals surface area contributed by atoms with E-state index in [9.17, 15) is 9.59 Å². The van der Waals surface area contributed by atoms with Crippen molar-refractivity contribution in [2.45, 2.75) is 38.5 Å². The van der Waals surface area contributed by atoms with E-state index >= 15 is 0 Å². The Morgan fingerprint density at radius 3 is 2.17 bits per heavy atom. The van der Waals surface area contributed by atoms with Crippen molar-refractivity contribution in [1.82, 2.24) is 4.90 Å². The molecule has 0 aromatic heterocycles. The fourth-order valence-electron chi connectivity index (χ4n) is 4.52. The summed E-state index contributed by atoms with van der Waals surface area (Å²) in [6.45, 7) is 3.48. The van der Waals surface area contributed by atoms with Crippen molar-refractivity contribution in [3.63, 3.8) is 0 Å². The Bertz CT molecular complexity index is 836. The van der Waals surface area contributed by atoms with Crippen LogP contribution in [-0.4, -0.2) is 42.9 Å². The highest BCUT2D eigenvalue weighted by molar-refractivity contribution is 6.39. The van der Waals surface area contributed by atoms with Gasteiger partial charge in [-0.2, -0.15) is 0 Å². The van der Waals surface area contributed by atoms with Gasteiger partial charge in [-0.3, -0.25) is 9.59 Å². The summed E-state index contributed by atoms with van der Waals surface area (Å²) in [5.41, 5.74) is 3.20. The molecule has 0 aliphatic carbocycles. The van der Waals surface area contributed by atoms with Crippen LogP contribution in [0.25, 0.3) is 0 Å². The van der Waals surface area contributed by atoms with E-state index in [1.54, 1.807) is 4.90 Å². The number of nitrogens with one attached hydrogen (secondary N) is 1. The molecule has 0 saturated carbocycles. The fourth-order valence-corrected chi connectivity index (χ4v) is 4.52. The van der Waals surface area contributed by atoms with E-state index in [4.69, 9.17) is 0 Å². The molecule has 0 atom stereocenters. The molecule has 5 heteroatoms. The fraction of sp³-hybridized carbons (Fsp3) is 0.440. The van der Waals surface area contributed by atoms with Crippen molar-refractivity contribution >= 4 is 23.2 Å². The highest BCUT2D eigenvalue weighted by Gasteiger charge is 2.27. The van der Waals surface area contributed by atoms with Gasteiger partial charge in [-0.25, -0.2) is 0 Å². The third-order valence-corrected chi connectivity index (χ3v) is 6.31. The quantitative estimate of drug-likeness (QED) is 0.780. The summed E-state index contributed by atoms with van der Waals surface area (Å²) in [7, 11) is 0. The zero-order chi connectivity index (χ0) is 20.8. The monoisotopic (exact) mass is 405 g/mol. The van der Waals surface area contributed by atoms with E-state index < -0.39 is 11.8 Å². The normalized spacial score (nSPS) is 17.6. The molecule has 2 aliphatic heterocycles. The van der Waals surface area contributed by atoms with Gasteiger partial charge in [0.15, 0.2) is 0 Å². The van der Waals surface area contributed by atoms with Crippen molar-refractivity contribution in [1.29, 1.82) is 0 Å². The first-order chi connectivity index (χ1) is 14.7. The number of nitrogens with zero attached hydrogens (tertiary/aromatic N) is 2. The summed E-state index contributed by atoms with van der Waals surface area (Å²) in [5.74, 6) is -0.391. The molecule has 0 unspecified atom stereocenters. The minimum Gasteiger partial charge on any atom is -0.372 e. The van der Waals surface area contributed by atoms with Crippen LogP contribution in [0.3, 0.4) is 0 Å². The number of amides is 2. The van der Waals surface area contributed by atoms with Crippen LogP contribution in [0.15, 0.2) is 54.6 Å². The third-order valence-electron chi connectivity index (χ3n) is 6.31. The second kappa shape index (κ2) is 9.79. The molecule has 2 heterocycles. The Morgan fingerprint density at radius 1 is 0.833 bits per heavy atom. The van der Waals surface area contributed by atoms with Crippen molar-refractivity contribution in [3.8, 4) is 0 Å². The van der Waals surface area contributed by atoms with Crippen molar-refractivity contribution < 1.29 is 9.59 Å². The molecule has 0 radical (unpaired) electrons. The molecule has 30 heavy (non-hydrogen) atoms. The standard InChI is InChI=1S/C25H31N3O2/c29-24(26-22-9-11-23(12-10-22)27-15-5-2-6-16-27)25(30)28-17-13-21(14-18-28)19-20-7-3-1-4-8-20/h1,3-4,7-12,21H,2,5-6,13-19H2,(H,26,29). The van der Waals surface area contributed by atoms with Gasteiger partial charge in [-0.05, 0) is 74.3 Å². The molecule has 2 aliphatic rings. The number of likely N-dealkylation sites (tertiary alicyclic amines) is 1. The van der Waals surface area contributed by atoms with Crippen LogP contribution < -0.4 is 10.2 Å². The van der Waals surface area contributed by atoms with E-state index in [0.717, 1.165) is 32.4 Å². The van der Waals surface area contributed by atoms with Crippen LogP contribution in [0, 0.1) is 5.92 Å². The van der Waals surface area contributed by atoms with Gasteiger partial charge in [0, 0.05) is 37.6 Å². The maximum absolute atomic E-state index is 12.6. The van der Waals surface area contributed by atoms with E-state index in [1.165, 1.54) is 30.5 Å². The molecular formula is C25H31N3O2. The second-order valence-corrected chi connectivity index (χ2v) is 8.47. The van der Waals surface area contributed by atoms with Gasteiger partial charge in [0.25, 0.3) is 0 Å². The molecule has 158 valence electrons. The number of anilines is 2. The molecule has 2 amide bonds. The molecule has 2 aromatic rings. The number of carbonyl (C=O) groups excluding carboxylic acids is 2. The van der Waals surface area contributed by atoms with Crippen molar-refractivity contribution in [2.24, 2.45) is 5.92 Å². The van der Waals surface area contributed by atoms with E-state index in [1.807, 2.05) is 30.3 Å². The number of carbonyl (C=O) groups is 2. The average molecular weight is 406 g/mol. The Balaban J connectivity index is 1.25. The predicted molar refractivity (Wildman–Crippen MR) is 121 cm³/mol. The summed E-state index contributed by atoms with van der Waals surface area (Å²) in [5, 5.41) is 2.77. The van der Waals surface area contributed by atoms with Gasteiger partial charge in [-0.15, -0.1) is 0 Å². The topological polar surface area (TPSA) is 52.7 Å². The predicted octanol–water partition coefficient (Wildman–Crippen LogP) is 4.10. The zero-order valence-electron chi connectivity index (χ0n) is 17.6. The first kappa shape index (κ1) is 20.5. The van der Waals surface area contributed by atoms with Crippen LogP contribution in [0.1, 0.15) is 37.7 Å². The lowest BCUT2D eigenvalue weighted by atomic mass is 9.90. The van der Waals surface area contributed by atoms with Crippen LogP contribution in [0.2, 0.25) is 0 Å². The Hall–Kier alpha value is -2.82. The summed E-state index contributed by atoms with van der Waals surface area (Å²) >= 11 is 0. The second-order valence-electron chi connectivity index (χ2n) is 8.47. The minimum atomic E-state index is -0.540. The van der Waals surface area contributed by atoms with Crippen LogP contribution in [0.4, 0.5) is 11.4 Å². The molecule has 4 rings (SSSR count). The summed E-state index contributed by atoms with van der Waals surface area (Å²) in [6, 6.07) is 18.3. The van der Waals surface area contributed by atoms with E-state index in [2.05, 4.69) is 34.5 Å². The SMILES string of the molecule is O=C(Nc1ccc(N2CCCCC2)cc1)C(=O)N1CCC(Cc2ccccc2)CC1. The lowest BCUT2D eigenvalue weighted by molar-refractivity contribution is -0.144. The van der Waals surface area contributed by atoms with E-state index in [-0.39, 0.29) is 0 Å². The Labute approximate surface area is 179 Å². The molecule has 0 bridgehead atoms. The number of rotatable bonds is 4. The summed E-state index contributed by atoms with van der Waals surface area (Å²) in [4.78, 5) is 29.1.